The van der Waals surface area contributed by atoms with Crippen LogP contribution in [-0.2, 0) is 23.9 Å². The van der Waals surface area contributed by atoms with Gasteiger partial charge in [0.2, 0.25) is 11.8 Å². The van der Waals surface area contributed by atoms with Gasteiger partial charge in [0.05, 0.1) is 25.0 Å². The number of carbonyl (C=O) groups is 4. The van der Waals surface area contributed by atoms with E-state index in [4.69, 9.17) is 21.9 Å². The summed E-state index contributed by atoms with van der Waals surface area (Å²) < 4.78 is 5.44. The Kier molecular flexibility index (Phi) is 13.7. The van der Waals surface area contributed by atoms with E-state index in [9.17, 15) is 19.2 Å². The quantitative estimate of drug-likeness (QED) is 0.148. The van der Waals surface area contributed by atoms with Crippen molar-refractivity contribution in [3.05, 3.63) is 0 Å². The Bertz CT molecular complexity index is 500. The summed E-state index contributed by atoms with van der Waals surface area (Å²) in [6, 6.07) is -0.965. The van der Waals surface area contributed by atoms with E-state index in [1.807, 2.05) is 6.92 Å². The zero-order valence-corrected chi connectivity index (χ0v) is 16.7. The lowest BCUT2D eigenvalue weighted by Crippen LogP contribution is -2.47. The van der Waals surface area contributed by atoms with Gasteiger partial charge in [-0.1, -0.05) is 6.92 Å². The number of ketones is 2. The highest BCUT2D eigenvalue weighted by molar-refractivity contribution is 8.00. The van der Waals surface area contributed by atoms with Gasteiger partial charge in [0.15, 0.2) is 17.0 Å². The minimum Gasteiger partial charge on any atom is -0.360 e. The Morgan fingerprint density at radius 3 is 2.22 bits per heavy atom. The molecule has 0 saturated heterocycles. The highest BCUT2D eigenvalue weighted by Crippen LogP contribution is 2.20. The van der Waals surface area contributed by atoms with Crippen molar-refractivity contribution in [1.82, 2.24) is 10.6 Å². The molecule has 8 N–H and O–H groups in total. The molecule has 11 heteroatoms. The van der Waals surface area contributed by atoms with Crippen molar-refractivity contribution >= 4 is 35.1 Å². The topological polar surface area (TPSA) is 180 Å². The third-order valence-corrected chi connectivity index (χ3v) is 4.57. The van der Waals surface area contributed by atoms with E-state index in [-0.39, 0.29) is 38.4 Å². The number of nitrogens with two attached hydrogens (primary N) is 3. The molecule has 2 amide bonds. The number of hydrogen-bond donors (Lipinski definition) is 5. The molecular formula is C16H31N5O5S. The molecule has 156 valence electrons. The van der Waals surface area contributed by atoms with Gasteiger partial charge in [-0.05, 0) is 19.1 Å². The number of amides is 2. The van der Waals surface area contributed by atoms with Crippen LogP contribution in [0, 0.1) is 5.92 Å². The molecule has 0 rings (SSSR count). The van der Waals surface area contributed by atoms with Crippen molar-refractivity contribution < 1.29 is 23.9 Å². The van der Waals surface area contributed by atoms with E-state index in [1.165, 1.54) is 11.8 Å². The van der Waals surface area contributed by atoms with Gasteiger partial charge < -0.3 is 32.6 Å². The molecule has 0 bridgehead atoms. The van der Waals surface area contributed by atoms with Crippen molar-refractivity contribution in [2.45, 2.75) is 31.7 Å². The van der Waals surface area contributed by atoms with E-state index in [1.54, 1.807) is 6.92 Å². The highest BCUT2D eigenvalue weighted by Gasteiger charge is 2.34. The van der Waals surface area contributed by atoms with Crippen molar-refractivity contribution in [1.29, 1.82) is 0 Å². The van der Waals surface area contributed by atoms with Gasteiger partial charge in [-0.3, -0.25) is 19.2 Å². The molecule has 0 spiro atoms. The fourth-order valence-corrected chi connectivity index (χ4v) is 3.01. The SMILES string of the molecule is CCO[C@@H](SCC)C(=O)C(CCNC(=O)CNC(=O)CN)C(=O)C(N)CN. The fourth-order valence-electron chi connectivity index (χ4n) is 2.15. The number of ether oxygens (including phenoxy) is 1. The van der Waals surface area contributed by atoms with Crippen LogP contribution >= 0.6 is 11.8 Å². The summed E-state index contributed by atoms with van der Waals surface area (Å²) in [5.74, 6) is -2.17. The monoisotopic (exact) mass is 405 g/mol. The fraction of sp³-hybridized carbons (Fsp3) is 0.750. The average Bonchev–Trinajstić information content (AvgIpc) is 2.67. The molecule has 0 fully saturated rings. The summed E-state index contributed by atoms with van der Waals surface area (Å²) in [6.45, 7) is 3.48. The van der Waals surface area contributed by atoms with Gasteiger partial charge in [-0.25, -0.2) is 0 Å². The average molecular weight is 406 g/mol. The van der Waals surface area contributed by atoms with Crippen LogP contribution in [0.1, 0.15) is 20.3 Å². The van der Waals surface area contributed by atoms with Crippen LogP contribution in [0.25, 0.3) is 0 Å². The Morgan fingerprint density at radius 2 is 1.70 bits per heavy atom. The molecule has 2 unspecified atom stereocenters. The van der Waals surface area contributed by atoms with Crippen LogP contribution in [-0.4, -0.2) is 73.4 Å². The number of carbonyl (C=O) groups excluding carboxylic acids is 4. The van der Waals surface area contributed by atoms with Crippen LogP contribution in [0.5, 0.6) is 0 Å². The van der Waals surface area contributed by atoms with Crippen molar-refractivity contribution in [3.8, 4) is 0 Å². The molecule has 27 heavy (non-hydrogen) atoms. The summed E-state index contributed by atoms with van der Waals surface area (Å²) in [4.78, 5) is 48.0. The molecule has 10 nitrogen and oxygen atoms in total. The van der Waals surface area contributed by atoms with Crippen molar-refractivity contribution in [2.24, 2.45) is 23.1 Å². The number of nitrogens with one attached hydrogen (secondary N) is 2. The molecule has 0 heterocycles. The first-order valence-corrected chi connectivity index (χ1v) is 9.86. The molecule has 0 radical (unpaired) electrons. The highest BCUT2D eigenvalue weighted by atomic mass is 32.2. The van der Waals surface area contributed by atoms with E-state index in [0.29, 0.717) is 12.4 Å². The second kappa shape index (κ2) is 14.5. The first-order valence-electron chi connectivity index (χ1n) is 8.81. The third kappa shape index (κ3) is 9.82. The van der Waals surface area contributed by atoms with E-state index in [2.05, 4.69) is 10.6 Å². The van der Waals surface area contributed by atoms with E-state index < -0.39 is 35.0 Å². The number of Topliss-reactive ketones (excluding diaryl/α,β-unsaturated/α-hetero) is 2. The summed E-state index contributed by atoms with van der Waals surface area (Å²) >= 11 is 1.28. The molecule has 0 aromatic heterocycles. The van der Waals surface area contributed by atoms with Crippen LogP contribution in [0.3, 0.4) is 0 Å². The zero-order valence-electron chi connectivity index (χ0n) is 15.9. The van der Waals surface area contributed by atoms with Gasteiger partial charge in [0.25, 0.3) is 0 Å². The largest absolute Gasteiger partial charge is 0.360 e. The van der Waals surface area contributed by atoms with Gasteiger partial charge >= 0.3 is 0 Å². The summed E-state index contributed by atoms with van der Waals surface area (Å²) in [5.41, 5.74) is 15.5. The molecule has 0 aliphatic rings. The molecule has 0 aliphatic heterocycles. The van der Waals surface area contributed by atoms with Crippen LogP contribution in [0.15, 0.2) is 0 Å². The summed E-state index contributed by atoms with van der Waals surface area (Å²) in [6.07, 6.45) is 0.0653. The number of hydrogen-bond acceptors (Lipinski definition) is 9. The number of thioether (sulfide) groups is 1. The maximum absolute atomic E-state index is 12.8. The summed E-state index contributed by atoms with van der Waals surface area (Å²) in [7, 11) is 0. The maximum atomic E-state index is 12.8. The van der Waals surface area contributed by atoms with Crippen LogP contribution in [0.4, 0.5) is 0 Å². The van der Waals surface area contributed by atoms with Gasteiger partial charge in [-0.15, -0.1) is 11.8 Å². The lowest BCUT2D eigenvalue weighted by molar-refractivity contribution is -0.138. The first-order chi connectivity index (χ1) is 12.8. The molecular weight excluding hydrogens is 374 g/mol. The maximum Gasteiger partial charge on any atom is 0.239 e. The Morgan fingerprint density at radius 1 is 1.04 bits per heavy atom. The molecule has 3 atom stereocenters. The second-order valence-electron chi connectivity index (χ2n) is 5.56. The normalized spacial score (nSPS) is 14.1. The first kappa shape index (κ1) is 25.5. The Labute approximate surface area is 163 Å². The smallest absolute Gasteiger partial charge is 0.239 e. The van der Waals surface area contributed by atoms with Crippen LogP contribution < -0.4 is 27.8 Å². The van der Waals surface area contributed by atoms with Gasteiger partial charge in [-0.2, -0.15) is 0 Å². The van der Waals surface area contributed by atoms with Crippen LogP contribution in [0.2, 0.25) is 0 Å². The van der Waals surface area contributed by atoms with Crippen molar-refractivity contribution in [3.63, 3.8) is 0 Å². The molecule has 0 aliphatic carbocycles. The Hall–Kier alpha value is -1.53. The zero-order chi connectivity index (χ0) is 20.8. The lowest BCUT2D eigenvalue weighted by Gasteiger charge is -2.23. The lowest BCUT2D eigenvalue weighted by atomic mass is 9.91. The molecule has 0 aromatic rings. The molecule has 0 aromatic carbocycles. The van der Waals surface area contributed by atoms with Crippen molar-refractivity contribution in [2.75, 3.05) is 38.5 Å². The molecule has 0 saturated carbocycles. The number of rotatable bonds is 15. The third-order valence-electron chi connectivity index (χ3n) is 3.56. The van der Waals surface area contributed by atoms with E-state index in [0.717, 1.165) is 0 Å². The van der Waals surface area contributed by atoms with Gasteiger partial charge in [0, 0.05) is 19.7 Å². The minimum absolute atomic E-state index is 0.0619. The standard InChI is InChI=1S/C16H31N5O5S/c1-3-26-16(27-4-2)15(25)10(14(24)11(19)7-17)5-6-20-13(23)9-21-12(22)8-18/h10-11,16H,3-9,17-19H2,1-2H3,(H,20,23)(H,21,22)/t10?,11?,16-/m0/s1. The second-order valence-corrected chi connectivity index (χ2v) is 6.90. The Balaban J connectivity index is 4.91. The van der Waals surface area contributed by atoms with E-state index >= 15 is 0 Å². The predicted octanol–water partition coefficient (Wildman–Crippen LogP) is -2.28. The van der Waals surface area contributed by atoms with Gasteiger partial charge in [0.1, 0.15) is 0 Å². The summed E-state index contributed by atoms with van der Waals surface area (Å²) in [5, 5.41) is 4.87. The minimum atomic E-state index is -1.03. The predicted molar refractivity (Wildman–Crippen MR) is 104 cm³/mol.